The van der Waals surface area contributed by atoms with E-state index in [9.17, 15) is 4.79 Å². The van der Waals surface area contributed by atoms with Gasteiger partial charge in [0.25, 0.3) is 0 Å². The minimum absolute atomic E-state index is 0.223. The van der Waals surface area contributed by atoms with Crippen LogP contribution in [0.4, 0.5) is 5.69 Å². The zero-order valence-electron chi connectivity index (χ0n) is 18.7. The first kappa shape index (κ1) is 23.5. The van der Waals surface area contributed by atoms with E-state index in [0.717, 1.165) is 27.4 Å². The lowest BCUT2D eigenvalue weighted by atomic mass is 10.1. The molecule has 0 spiro atoms. The molecule has 1 aromatic heterocycles. The normalized spacial score (nSPS) is 10.9. The summed E-state index contributed by atoms with van der Waals surface area (Å²) in [4.78, 5) is 16.9. The van der Waals surface area contributed by atoms with Gasteiger partial charge in [-0.25, -0.2) is 4.98 Å². The van der Waals surface area contributed by atoms with E-state index in [-0.39, 0.29) is 5.91 Å². The maximum atomic E-state index is 12.4. The van der Waals surface area contributed by atoms with Crippen molar-refractivity contribution in [2.24, 2.45) is 0 Å². The number of methoxy groups -OCH3 is 1. The molecule has 0 radical (unpaired) electrons. The number of carbonyl (C=O) groups is 1. The Morgan fingerprint density at radius 2 is 1.82 bits per heavy atom. The second kappa shape index (κ2) is 11.0. The lowest BCUT2D eigenvalue weighted by Crippen LogP contribution is -2.07. The quantitative estimate of drug-likeness (QED) is 0.270. The van der Waals surface area contributed by atoms with Crippen molar-refractivity contribution in [3.05, 3.63) is 99.3 Å². The van der Waals surface area contributed by atoms with Crippen LogP contribution in [0.25, 0.3) is 17.3 Å². The maximum Gasteiger partial charge on any atom is 0.248 e. The minimum atomic E-state index is -0.223. The molecule has 0 atom stereocenters. The van der Waals surface area contributed by atoms with Gasteiger partial charge in [0, 0.05) is 27.7 Å². The van der Waals surface area contributed by atoms with E-state index in [2.05, 4.69) is 10.3 Å². The SMILES string of the molecule is COc1cc(/C=C/C(=O)Nc2ccc(-c3csc(C)n3)cc2)ccc1OCc1ccc(Cl)cc1. The fourth-order valence-corrected chi connectivity index (χ4v) is 3.97. The van der Waals surface area contributed by atoms with Crippen molar-refractivity contribution in [3.63, 3.8) is 0 Å². The molecule has 7 heteroatoms. The number of benzene rings is 3. The summed E-state index contributed by atoms with van der Waals surface area (Å²) in [7, 11) is 1.58. The van der Waals surface area contributed by atoms with Crippen LogP contribution < -0.4 is 14.8 Å². The molecule has 0 unspecified atom stereocenters. The van der Waals surface area contributed by atoms with Gasteiger partial charge in [-0.2, -0.15) is 0 Å². The largest absolute Gasteiger partial charge is 0.493 e. The molecule has 0 saturated carbocycles. The highest BCUT2D eigenvalue weighted by Gasteiger charge is 2.07. The van der Waals surface area contributed by atoms with Crippen molar-refractivity contribution in [2.45, 2.75) is 13.5 Å². The van der Waals surface area contributed by atoms with Gasteiger partial charge in [0.15, 0.2) is 11.5 Å². The predicted octanol–water partition coefficient (Wildman–Crippen LogP) is 7.01. The third-order valence-electron chi connectivity index (χ3n) is 4.99. The molecule has 34 heavy (non-hydrogen) atoms. The van der Waals surface area contributed by atoms with E-state index in [1.54, 1.807) is 24.5 Å². The van der Waals surface area contributed by atoms with Crippen molar-refractivity contribution in [1.29, 1.82) is 0 Å². The molecule has 1 amide bonds. The number of amides is 1. The van der Waals surface area contributed by atoms with E-state index < -0.39 is 0 Å². The van der Waals surface area contributed by atoms with Crippen LogP contribution in [0.2, 0.25) is 5.02 Å². The molecular formula is C27H23ClN2O3S. The number of halogens is 1. The molecule has 1 heterocycles. The highest BCUT2D eigenvalue weighted by molar-refractivity contribution is 7.09. The number of nitrogens with one attached hydrogen (secondary N) is 1. The zero-order valence-corrected chi connectivity index (χ0v) is 20.3. The Bertz CT molecular complexity index is 1300. The van der Waals surface area contributed by atoms with Gasteiger partial charge in [0.1, 0.15) is 6.61 Å². The third-order valence-corrected chi connectivity index (χ3v) is 6.02. The number of aromatic nitrogens is 1. The van der Waals surface area contributed by atoms with Crippen LogP contribution in [0.15, 0.2) is 78.2 Å². The van der Waals surface area contributed by atoms with Crippen LogP contribution in [0, 0.1) is 6.92 Å². The van der Waals surface area contributed by atoms with Crippen LogP contribution in [-0.2, 0) is 11.4 Å². The van der Waals surface area contributed by atoms with Crippen molar-refractivity contribution in [3.8, 4) is 22.8 Å². The second-order valence-corrected chi connectivity index (χ2v) is 8.98. The van der Waals surface area contributed by atoms with Crippen molar-refractivity contribution >= 4 is 40.6 Å². The van der Waals surface area contributed by atoms with Gasteiger partial charge in [-0.3, -0.25) is 4.79 Å². The number of nitrogens with zero attached hydrogens (tertiary/aromatic N) is 1. The molecule has 0 fully saturated rings. The average Bonchev–Trinajstić information content (AvgIpc) is 3.29. The van der Waals surface area contributed by atoms with Gasteiger partial charge in [-0.15, -0.1) is 11.3 Å². The fourth-order valence-electron chi connectivity index (χ4n) is 3.22. The lowest BCUT2D eigenvalue weighted by Gasteiger charge is -2.11. The van der Waals surface area contributed by atoms with Crippen LogP contribution in [-0.4, -0.2) is 18.0 Å². The number of anilines is 1. The monoisotopic (exact) mass is 490 g/mol. The minimum Gasteiger partial charge on any atom is -0.493 e. The molecule has 0 aliphatic rings. The van der Waals surface area contributed by atoms with Gasteiger partial charge >= 0.3 is 0 Å². The highest BCUT2D eigenvalue weighted by atomic mass is 35.5. The summed E-state index contributed by atoms with van der Waals surface area (Å²) in [5.41, 5.74) is 4.49. The number of aryl methyl sites for hydroxylation is 1. The molecule has 172 valence electrons. The van der Waals surface area contributed by atoms with Crippen molar-refractivity contribution < 1.29 is 14.3 Å². The van der Waals surface area contributed by atoms with Crippen LogP contribution in [0.5, 0.6) is 11.5 Å². The first-order chi connectivity index (χ1) is 16.5. The molecule has 1 N–H and O–H groups in total. The number of thiazole rings is 1. The van der Waals surface area contributed by atoms with Crippen molar-refractivity contribution in [2.75, 3.05) is 12.4 Å². The molecule has 5 nitrogen and oxygen atoms in total. The Morgan fingerprint density at radius 1 is 1.06 bits per heavy atom. The first-order valence-corrected chi connectivity index (χ1v) is 11.8. The van der Waals surface area contributed by atoms with Gasteiger partial charge in [-0.05, 0) is 60.5 Å². The highest BCUT2D eigenvalue weighted by Crippen LogP contribution is 2.29. The van der Waals surface area contributed by atoms with Gasteiger partial charge in [0.05, 0.1) is 17.8 Å². The van der Waals surface area contributed by atoms with Gasteiger partial charge < -0.3 is 14.8 Å². The Labute approximate surface area is 207 Å². The summed E-state index contributed by atoms with van der Waals surface area (Å²) in [6.07, 6.45) is 3.22. The molecule has 4 aromatic rings. The third kappa shape index (κ3) is 6.25. The molecule has 0 aliphatic carbocycles. The van der Waals surface area contributed by atoms with Crippen molar-refractivity contribution in [1.82, 2.24) is 4.98 Å². The van der Waals surface area contributed by atoms with E-state index in [1.165, 1.54) is 6.08 Å². The number of hydrogen-bond donors (Lipinski definition) is 1. The predicted molar refractivity (Wildman–Crippen MR) is 139 cm³/mol. The Kier molecular flexibility index (Phi) is 7.62. The number of ether oxygens (including phenoxy) is 2. The fraction of sp³-hybridized carbons (Fsp3) is 0.111. The molecule has 0 aliphatic heterocycles. The summed E-state index contributed by atoms with van der Waals surface area (Å²) in [5.74, 6) is 0.984. The van der Waals surface area contributed by atoms with Crippen LogP contribution in [0.1, 0.15) is 16.1 Å². The summed E-state index contributed by atoms with van der Waals surface area (Å²) in [6, 6.07) is 20.6. The Morgan fingerprint density at radius 3 is 2.50 bits per heavy atom. The number of hydrogen-bond acceptors (Lipinski definition) is 5. The number of rotatable bonds is 8. The molecular weight excluding hydrogens is 468 g/mol. The van der Waals surface area contributed by atoms with Crippen LogP contribution in [0.3, 0.4) is 0 Å². The van der Waals surface area contributed by atoms with Crippen LogP contribution >= 0.6 is 22.9 Å². The molecule has 0 bridgehead atoms. The maximum absolute atomic E-state index is 12.4. The van der Waals surface area contributed by atoms with E-state index in [1.807, 2.05) is 79.0 Å². The average molecular weight is 491 g/mol. The van der Waals surface area contributed by atoms with Gasteiger partial charge in [-0.1, -0.05) is 41.9 Å². The smallest absolute Gasteiger partial charge is 0.248 e. The number of carbonyl (C=O) groups excluding carboxylic acids is 1. The van der Waals surface area contributed by atoms with E-state index in [0.29, 0.717) is 28.8 Å². The lowest BCUT2D eigenvalue weighted by molar-refractivity contribution is -0.111. The topological polar surface area (TPSA) is 60.5 Å². The summed E-state index contributed by atoms with van der Waals surface area (Å²) in [5, 5.41) is 6.60. The molecule has 3 aromatic carbocycles. The van der Waals surface area contributed by atoms with Gasteiger partial charge in [0.2, 0.25) is 5.91 Å². The summed E-state index contributed by atoms with van der Waals surface area (Å²) >= 11 is 7.54. The molecule has 4 rings (SSSR count). The zero-order chi connectivity index (χ0) is 23.9. The Balaban J connectivity index is 1.35. The first-order valence-electron chi connectivity index (χ1n) is 10.6. The standard InChI is InChI=1S/C27H23ClN2O3S/c1-18-29-24(17-34-18)21-7-11-23(12-8-21)30-27(31)14-6-19-5-13-25(26(15-19)32-2)33-16-20-3-9-22(28)10-4-20/h3-15,17H,16H2,1-2H3,(H,30,31)/b14-6+. The second-order valence-electron chi connectivity index (χ2n) is 7.48. The summed E-state index contributed by atoms with van der Waals surface area (Å²) in [6.45, 7) is 2.37. The van der Waals surface area contributed by atoms with E-state index in [4.69, 9.17) is 21.1 Å². The Hall–Kier alpha value is -3.61. The molecule has 0 saturated heterocycles. The summed E-state index contributed by atoms with van der Waals surface area (Å²) < 4.78 is 11.3. The van der Waals surface area contributed by atoms with E-state index >= 15 is 0 Å².